The van der Waals surface area contributed by atoms with Gasteiger partial charge in [-0.1, -0.05) is 30.3 Å². The van der Waals surface area contributed by atoms with Crippen molar-refractivity contribution in [1.29, 1.82) is 0 Å². The van der Waals surface area contributed by atoms with Crippen LogP contribution in [0, 0.1) is 11.8 Å². The molecule has 2 unspecified atom stereocenters. The molecule has 1 aliphatic carbocycles. The Kier molecular flexibility index (Phi) is 2.84. The van der Waals surface area contributed by atoms with E-state index in [1.807, 2.05) is 35.2 Å². The predicted octanol–water partition coefficient (Wildman–Crippen LogP) is 2.95. The highest BCUT2D eigenvalue weighted by molar-refractivity contribution is 5.82. The van der Waals surface area contributed by atoms with Crippen LogP contribution in [0.1, 0.15) is 31.4 Å². The third-order valence-electron chi connectivity index (χ3n) is 4.42. The molecule has 18 heavy (non-hydrogen) atoms. The molecule has 1 saturated heterocycles. The van der Waals surface area contributed by atoms with Crippen LogP contribution in [0.15, 0.2) is 30.3 Å². The van der Waals surface area contributed by atoms with E-state index in [0.29, 0.717) is 12.8 Å². The van der Waals surface area contributed by atoms with Crippen LogP contribution in [0.4, 0.5) is 4.39 Å². The number of carbonyl (C=O) groups is 1. The molecule has 0 radical (unpaired) electrons. The Bertz CT molecular complexity index is 447. The van der Waals surface area contributed by atoms with Gasteiger partial charge in [0.2, 0.25) is 5.91 Å². The zero-order chi connectivity index (χ0) is 12.7. The minimum atomic E-state index is -0.766. The standard InChI is InChI=1S/C15H18FNO/c1-10(11-5-3-2-4-6-11)17-9-12-7-13(16)8-14(12)15(17)18/h2-6,10,12-14H,7-9H2,1H3/t10-,12?,13?,14+/m1/s1. The van der Waals surface area contributed by atoms with Crippen molar-refractivity contribution in [3.8, 4) is 0 Å². The van der Waals surface area contributed by atoms with Crippen molar-refractivity contribution in [2.24, 2.45) is 11.8 Å². The first-order valence-electron chi connectivity index (χ1n) is 6.66. The quantitative estimate of drug-likeness (QED) is 0.786. The summed E-state index contributed by atoms with van der Waals surface area (Å²) in [5, 5.41) is 0. The monoisotopic (exact) mass is 247 g/mol. The van der Waals surface area contributed by atoms with Crippen molar-refractivity contribution in [2.45, 2.75) is 32.0 Å². The zero-order valence-electron chi connectivity index (χ0n) is 10.6. The van der Waals surface area contributed by atoms with Gasteiger partial charge in [-0.2, -0.15) is 0 Å². The van der Waals surface area contributed by atoms with Gasteiger partial charge in [-0.25, -0.2) is 4.39 Å². The second kappa shape index (κ2) is 4.38. The molecular formula is C15H18FNO. The molecule has 0 spiro atoms. The van der Waals surface area contributed by atoms with Crippen LogP contribution in [-0.4, -0.2) is 23.5 Å². The van der Waals surface area contributed by atoms with E-state index in [-0.39, 0.29) is 23.8 Å². The predicted molar refractivity (Wildman–Crippen MR) is 67.7 cm³/mol. The van der Waals surface area contributed by atoms with Gasteiger partial charge < -0.3 is 4.90 Å². The number of nitrogens with zero attached hydrogens (tertiary/aromatic N) is 1. The molecule has 3 heteroatoms. The summed E-state index contributed by atoms with van der Waals surface area (Å²) in [6.45, 7) is 2.78. The van der Waals surface area contributed by atoms with Crippen LogP contribution < -0.4 is 0 Å². The largest absolute Gasteiger partial charge is 0.335 e. The number of alkyl halides is 1. The van der Waals surface area contributed by atoms with Crippen LogP contribution in [0.2, 0.25) is 0 Å². The number of likely N-dealkylation sites (tertiary alicyclic amines) is 1. The van der Waals surface area contributed by atoms with E-state index < -0.39 is 6.17 Å². The molecule has 96 valence electrons. The molecule has 1 saturated carbocycles. The highest BCUT2D eigenvalue weighted by atomic mass is 19.1. The van der Waals surface area contributed by atoms with Crippen LogP contribution in [0.5, 0.6) is 0 Å². The SMILES string of the molecule is C[C@H](c1ccccc1)N1CC2CC(F)C[C@@H]2C1=O. The van der Waals surface area contributed by atoms with Crippen molar-refractivity contribution < 1.29 is 9.18 Å². The van der Waals surface area contributed by atoms with Gasteiger partial charge in [0, 0.05) is 12.5 Å². The Balaban J connectivity index is 1.77. The number of fused-ring (bicyclic) bond motifs is 1. The summed E-state index contributed by atoms with van der Waals surface area (Å²) in [6.07, 6.45) is 0.230. The maximum absolute atomic E-state index is 13.3. The fraction of sp³-hybridized carbons (Fsp3) is 0.533. The van der Waals surface area contributed by atoms with Gasteiger partial charge >= 0.3 is 0 Å². The first-order chi connectivity index (χ1) is 8.66. The molecule has 4 atom stereocenters. The summed E-state index contributed by atoms with van der Waals surface area (Å²) in [7, 11) is 0. The third-order valence-corrected chi connectivity index (χ3v) is 4.42. The van der Waals surface area contributed by atoms with E-state index in [4.69, 9.17) is 0 Å². The van der Waals surface area contributed by atoms with E-state index in [9.17, 15) is 9.18 Å². The molecule has 1 amide bonds. The molecule has 0 bridgehead atoms. The van der Waals surface area contributed by atoms with E-state index >= 15 is 0 Å². The number of hydrogen-bond acceptors (Lipinski definition) is 1. The Morgan fingerprint density at radius 2 is 2.00 bits per heavy atom. The number of halogens is 1. The van der Waals surface area contributed by atoms with E-state index in [1.165, 1.54) is 0 Å². The maximum Gasteiger partial charge on any atom is 0.226 e. The Labute approximate surface area is 107 Å². The molecule has 1 aromatic rings. The Morgan fingerprint density at radius 1 is 1.28 bits per heavy atom. The molecule has 2 aliphatic rings. The average molecular weight is 247 g/mol. The van der Waals surface area contributed by atoms with Gasteiger partial charge in [0.25, 0.3) is 0 Å². The number of amides is 1. The van der Waals surface area contributed by atoms with Crippen LogP contribution >= 0.6 is 0 Å². The van der Waals surface area contributed by atoms with Crippen molar-refractivity contribution >= 4 is 5.91 Å². The number of rotatable bonds is 2. The van der Waals surface area contributed by atoms with Gasteiger partial charge in [-0.05, 0) is 31.2 Å². The Morgan fingerprint density at radius 3 is 2.67 bits per heavy atom. The highest BCUT2D eigenvalue weighted by Crippen LogP contribution is 2.42. The van der Waals surface area contributed by atoms with Gasteiger partial charge in [0.1, 0.15) is 6.17 Å². The van der Waals surface area contributed by atoms with Gasteiger partial charge in [-0.3, -0.25) is 4.79 Å². The number of benzene rings is 1. The maximum atomic E-state index is 13.3. The van der Waals surface area contributed by atoms with Gasteiger partial charge in [0.15, 0.2) is 0 Å². The number of carbonyl (C=O) groups excluding carboxylic acids is 1. The second-order valence-electron chi connectivity index (χ2n) is 5.51. The normalized spacial score (nSPS) is 32.7. The molecule has 1 heterocycles. The summed E-state index contributed by atoms with van der Waals surface area (Å²) < 4.78 is 13.3. The lowest BCUT2D eigenvalue weighted by Gasteiger charge is -2.26. The lowest BCUT2D eigenvalue weighted by molar-refractivity contribution is -0.133. The summed E-state index contributed by atoms with van der Waals surface area (Å²) in [5.41, 5.74) is 1.16. The lowest BCUT2D eigenvalue weighted by Crippen LogP contribution is -2.31. The summed E-state index contributed by atoms with van der Waals surface area (Å²) >= 11 is 0. The van der Waals surface area contributed by atoms with Crippen molar-refractivity contribution in [3.63, 3.8) is 0 Å². The minimum absolute atomic E-state index is 0.0637. The summed E-state index contributed by atoms with van der Waals surface area (Å²) in [5.74, 6) is 0.321. The first kappa shape index (κ1) is 11.7. The van der Waals surface area contributed by atoms with Gasteiger partial charge in [-0.15, -0.1) is 0 Å². The van der Waals surface area contributed by atoms with Crippen molar-refractivity contribution in [2.75, 3.05) is 6.54 Å². The number of hydrogen-bond donors (Lipinski definition) is 0. The fourth-order valence-corrected chi connectivity index (χ4v) is 3.38. The molecule has 1 aromatic carbocycles. The van der Waals surface area contributed by atoms with Crippen LogP contribution in [-0.2, 0) is 4.79 Å². The second-order valence-corrected chi connectivity index (χ2v) is 5.51. The molecular weight excluding hydrogens is 229 g/mol. The van der Waals surface area contributed by atoms with E-state index in [0.717, 1.165) is 12.1 Å². The van der Waals surface area contributed by atoms with E-state index in [2.05, 4.69) is 6.92 Å². The molecule has 1 aliphatic heterocycles. The fourth-order valence-electron chi connectivity index (χ4n) is 3.38. The van der Waals surface area contributed by atoms with Crippen molar-refractivity contribution in [1.82, 2.24) is 4.90 Å². The molecule has 0 aromatic heterocycles. The molecule has 3 rings (SSSR count). The molecule has 2 nitrogen and oxygen atoms in total. The molecule has 2 fully saturated rings. The van der Waals surface area contributed by atoms with Crippen LogP contribution in [0.3, 0.4) is 0 Å². The highest BCUT2D eigenvalue weighted by Gasteiger charge is 2.48. The Hall–Kier alpha value is -1.38. The van der Waals surface area contributed by atoms with Crippen molar-refractivity contribution in [3.05, 3.63) is 35.9 Å². The topological polar surface area (TPSA) is 20.3 Å². The minimum Gasteiger partial charge on any atom is -0.335 e. The zero-order valence-corrected chi connectivity index (χ0v) is 10.6. The third kappa shape index (κ3) is 1.82. The van der Waals surface area contributed by atoms with Gasteiger partial charge in [0.05, 0.1) is 6.04 Å². The van der Waals surface area contributed by atoms with E-state index in [1.54, 1.807) is 0 Å². The average Bonchev–Trinajstić information content (AvgIpc) is 2.88. The smallest absolute Gasteiger partial charge is 0.226 e. The molecule has 0 N–H and O–H groups in total. The summed E-state index contributed by atoms with van der Waals surface area (Å²) in [6, 6.07) is 10.1. The van der Waals surface area contributed by atoms with Crippen LogP contribution in [0.25, 0.3) is 0 Å². The summed E-state index contributed by atoms with van der Waals surface area (Å²) in [4.78, 5) is 14.2. The first-order valence-corrected chi connectivity index (χ1v) is 6.66. The lowest BCUT2D eigenvalue weighted by atomic mass is 10.0.